The van der Waals surface area contributed by atoms with E-state index in [1.54, 1.807) is 20.8 Å². The van der Waals surface area contributed by atoms with Crippen molar-refractivity contribution in [2.24, 2.45) is 0 Å². The van der Waals surface area contributed by atoms with E-state index in [1.165, 1.54) is 13.1 Å². The molecule has 0 fully saturated rings. The monoisotopic (exact) mass is 253 g/mol. The number of carbonyl (C=O) groups excluding carboxylic acids is 1. The van der Waals surface area contributed by atoms with Crippen molar-refractivity contribution >= 4 is 17.9 Å². The lowest BCUT2D eigenvalue weighted by Gasteiger charge is -2.19. The average Bonchev–Trinajstić information content (AvgIpc) is 2.13. The van der Waals surface area contributed by atoms with E-state index in [0.29, 0.717) is 0 Å². The molecule has 1 rings (SSSR count). The molecule has 18 heavy (non-hydrogen) atoms. The highest BCUT2D eigenvalue weighted by molar-refractivity contribution is 5.87. The Kier molecular flexibility index (Phi) is 3.85. The van der Waals surface area contributed by atoms with Gasteiger partial charge in [-0.3, -0.25) is 5.32 Å². The van der Waals surface area contributed by atoms with Crippen LogP contribution in [0.5, 0.6) is 0 Å². The van der Waals surface area contributed by atoms with Crippen LogP contribution in [0.15, 0.2) is 6.20 Å². The Hall–Kier alpha value is -2.18. The van der Waals surface area contributed by atoms with Crippen molar-refractivity contribution < 1.29 is 19.4 Å². The number of nitrogens with one attached hydrogen (secondary N) is 1. The highest BCUT2D eigenvalue weighted by atomic mass is 16.6. The summed E-state index contributed by atoms with van der Waals surface area (Å²) in [5.74, 6) is -1.02. The Morgan fingerprint density at radius 3 is 2.44 bits per heavy atom. The van der Waals surface area contributed by atoms with E-state index in [1.807, 2.05) is 0 Å². The van der Waals surface area contributed by atoms with Gasteiger partial charge in [-0.05, 0) is 27.7 Å². The lowest BCUT2D eigenvalue weighted by atomic mass is 10.2. The summed E-state index contributed by atoms with van der Waals surface area (Å²) < 4.78 is 5.03. The first-order valence-corrected chi connectivity index (χ1v) is 5.26. The molecule has 0 atom stereocenters. The minimum atomic E-state index is -1.16. The third kappa shape index (κ3) is 4.00. The zero-order valence-electron chi connectivity index (χ0n) is 10.6. The summed E-state index contributed by atoms with van der Waals surface area (Å²) in [6.07, 6.45) is 0.500. The molecule has 0 aliphatic carbocycles. The summed E-state index contributed by atoms with van der Waals surface area (Å²) in [5.41, 5.74) is -0.547. The number of ether oxygens (including phenoxy) is 1. The second kappa shape index (κ2) is 4.99. The number of carboxylic acids is 1. The van der Waals surface area contributed by atoms with E-state index in [9.17, 15) is 9.59 Å². The molecule has 7 nitrogen and oxygen atoms in total. The number of hydrogen-bond acceptors (Lipinski definition) is 5. The van der Waals surface area contributed by atoms with Gasteiger partial charge in [0.15, 0.2) is 11.5 Å². The summed E-state index contributed by atoms with van der Waals surface area (Å²) >= 11 is 0. The molecule has 98 valence electrons. The van der Waals surface area contributed by atoms with Gasteiger partial charge < -0.3 is 9.84 Å². The normalized spacial score (nSPS) is 10.9. The number of aromatic nitrogens is 2. The van der Waals surface area contributed by atoms with Crippen molar-refractivity contribution in [1.82, 2.24) is 9.97 Å². The number of carboxylic acid groups (broad SMARTS) is 1. The van der Waals surface area contributed by atoms with E-state index >= 15 is 0 Å². The van der Waals surface area contributed by atoms with Crippen molar-refractivity contribution in [2.75, 3.05) is 5.32 Å². The highest BCUT2D eigenvalue weighted by Crippen LogP contribution is 2.11. The SMILES string of the molecule is Cc1nc(NC(=O)OC(C)(C)C)cnc1C(=O)O. The summed E-state index contributed by atoms with van der Waals surface area (Å²) in [6, 6.07) is 0. The van der Waals surface area contributed by atoms with Gasteiger partial charge in [0.2, 0.25) is 0 Å². The molecule has 1 aromatic heterocycles. The smallest absolute Gasteiger partial charge is 0.413 e. The summed E-state index contributed by atoms with van der Waals surface area (Å²) in [7, 11) is 0. The van der Waals surface area contributed by atoms with Gasteiger partial charge in [0.25, 0.3) is 0 Å². The fourth-order valence-electron chi connectivity index (χ4n) is 1.16. The first-order chi connectivity index (χ1) is 8.19. The fraction of sp³-hybridized carbons (Fsp3) is 0.455. The number of aryl methyl sites for hydroxylation is 1. The molecule has 1 heterocycles. The maximum Gasteiger partial charge on any atom is 0.413 e. The zero-order valence-corrected chi connectivity index (χ0v) is 10.6. The molecule has 0 spiro atoms. The number of hydrogen-bond donors (Lipinski definition) is 2. The zero-order chi connectivity index (χ0) is 13.9. The fourth-order valence-corrected chi connectivity index (χ4v) is 1.16. The first kappa shape index (κ1) is 13.9. The molecule has 0 bridgehead atoms. The molecule has 7 heteroatoms. The minimum Gasteiger partial charge on any atom is -0.476 e. The quantitative estimate of drug-likeness (QED) is 0.833. The van der Waals surface area contributed by atoms with E-state index in [0.717, 1.165) is 0 Å². The third-order valence-electron chi connectivity index (χ3n) is 1.78. The van der Waals surface area contributed by atoms with Gasteiger partial charge in [0, 0.05) is 0 Å². The predicted molar refractivity (Wildman–Crippen MR) is 63.6 cm³/mol. The number of nitrogens with zero attached hydrogens (tertiary/aromatic N) is 2. The molecule has 0 saturated carbocycles. The van der Waals surface area contributed by atoms with Gasteiger partial charge in [0.1, 0.15) is 5.60 Å². The van der Waals surface area contributed by atoms with Gasteiger partial charge in [-0.25, -0.2) is 19.6 Å². The molecule has 0 aliphatic rings. The molecule has 0 unspecified atom stereocenters. The number of amides is 1. The topological polar surface area (TPSA) is 101 Å². The van der Waals surface area contributed by atoms with E-state index in [-0.39, 0.29) is 17.2 Å². The summed E-state index contributed by atoms with van der Waals surface area (Å²) in [4.78, 5) is 29.8. The Labute approximate surface area is 104 Å². The molecule has 0 radical (unpaired) electrons. The predicted octanol–water partition coefficient (Wildman–Crippen LogP) is 1.83. The minimum absolute atomic E-state index is 0.145. The second-order valence-corrected chi connectivity index (χ2v) is 4.62. The van der Waals surface area contributed by atoms with Gasteiger partial charge in [0.05, 0.1) is 11.9 Å². The van der Waals surface area contributed by atoms with Crippen molar-refractivity contribution in [1.29, 1.82) is 0 Å². The number of anilines is 1. The van der Waals surface area contributed by atoms with Crippen molar-refractivity contribution in [3.8, 4) is 0 Å². The van der Waals surface area contributed by atoms with Gasteiger partial charge >= 0.3 is 12.1 Å². The van der Waals surface area contributed by atoms with Gasteiger partial charge in [-0.2, -0.15) is 0 Å². The molecule has 0 aromatic carbocycles. The van der Waals surface area contributed by atoms with Crippen molar-refractivity contribution in [3.63, 3.8) is 0 Å². The second-order valence-electron chi connectivity index (χ2n) is 4.62. The van der Waals surface area contributed by atoms with Crippen LogP contribution < -0.4 is 5.32 Å². The molecular weight excluding hydrogens is 238 g/mol. The molecule has 1 aromatic rings. The van der Waals surface area contributed by atoms with Crippen LogP contribution in [0.25, 0.3) is 0 Å². The van der Waals surface area contributed by atoms with Crippen LogP contribution in [0.1, 0.15) is 37.0 Å². The van der Waals surface area contributed by atoms with Crippen molar-refractivity contribution in [2.45, 2.75) is 33.3 Å². The van der Waals surface area contributed by atoms with Gasteiger partial charge in [-0.1, -0.05) is 0 Å². The van der Waals surface area contributed by atoms with E-state index < -0.39 is 17.7 Å². The van der Waals surface area contributed by atoms with Gasteiger partial charge in [-0.15, -0.1) is 0 Å². The summed E-state index contributed by atoms with van der Waals surface area (Å²) in [5, 5.41) is 11.2. The number of aromatic carboxylic acids is 1. The largest absolute Gasteiger partial charge is 0.476 e. The average molecular weight is 253 g/mol. The molecule has 1 amide bonds. The lowest BCUT2D eigenvalue weighted by Crippen LogP contribution is -2.27. The lowest BCUT2D eigenvalue weighted by molar-refractivity contribution is 0.0634. The van der Waals surface area contributed by atoms with Crippen molar-refractivity contribution in [3.05, 3.63) is 17.6 Å². The van der Waals surface area contributed by atoms with Crippen LogP contribution in [0.4, 0.5) is 10.6 Å². The molecule has 2 N–H and O–H groups in total. The standard InChI is InChI=1S/C11H15N3O4/c1-6-8(9(15)16)12-5-7(13-6)14-10(17)18-11(2,3)4/h5H,1-4H3,(H,15,16)(H,13,14,17). The van der Waals surface area contributed by atoms with E-state index in [2.05, 4.69) is 15.3 Å². The van der Waals surface area contributed by atoms with Crippen LogP contribution in [0.2, 0.25) is 0 Å². The van der Waals surface area contributed by atoms with Crippen LogP contribution in [0, 0.1) is 6.92 Å². The molecule has 0 aliphatic heterocycles. The highest BCUT2D eigenvalue weighted by Gasteiger charge is 2.17. The van der Waals surface area contributed by atoms with Crippen LogP contribution in [0.3, 0.4) is 0 Å². The van der Waals surface area contributed by atoms with Crippen LogP contribution in [-0.2, 0) is 4.74 Å². The van der Waals surface area contributed by atoms with Crippen LogP contribution >= 0.6 is 0 Å². The Bertz CT molecular complexity index is 480. The van der Waals surface area contributed by atoms with Crippen LogP contribution in [-0.4, -0.2) is 32.7 Å². The number of carbonyl (C=O) groups is 2. The Morgan fingerprint density at radius 2 is 2.00 bits per heavy atom. The molecular formula is C11H15N3O4. The Balaban J connectivity index is 2.78. The maximum atomic E-state index is 11.4. The van der Waals surface area contributed by atoms with E-state index in [4.69, 9.17) is 9.84 Å². The Morgan fingerprint density at radius 1 is 1.39 bits per heavy atom. The molecule has 0 saturated heterocycles. The third-order valence-corrected chi connectivity index (χ3v) is 1.78. The maximum absolute atomic E-state index is 11.4. The number of rotatable bonds is 2. The first-order valence-electron chi connectivity index (χ1n) is 5.26. The summed E-state index contributed by atoms with van der Waals surface area (Å²) in [6.45, 7) is 6.70.